The van der Waals surface area contributed by atoms with Crippen LogP contribution in [0.25, 0.3) is 5.65 Å². The van der Waals surface area contributed by atoms with Gasteiger partial charge in [-0.05, 0) is 42.7 Å². The van der Waals surface area contributed by atoms with Crippen molar-refractivity contribution < 1.29 is 13.9 Å². The minimum absolute atomic E-state index is 0.109. The van der Waals surface area contributed by atoms with Crippen molar-refractivity contribution in [1.29, 1.82) is 0 Å². The summed E-state index contributed by atoms with van der Waals surface area (Å²) >= 11 is 0. The van der Waals surface area contributed by atoms with E-state index in [2.05, 4.69) is 15.4 Å². The van der Waals surface area contributed by atoms with Crippen LogP contribution < -0.4 is 10.1 Å². The van der Waals surface area contributed by atoms with E-state index in [1.165, 1.54) is 12.1 Å². The molecule has 0 saturated carbocycles. The van der Waals surface area contributed by atoms with Gasteiger partial charge in [0.2, 0.25) is 5.91 Å². The molecule has 0 spiro atoms. The number of hydrogen-bond acceptors (Lipinski definition) is 4. The number of nitrogens with zero attached hydrogens (tertiary/aromatic N) is 3. The number of fused-ring (bicyclic) bond motifs is 2. The summed E-state index contributed by atoms with van der Waals surface area (Å²) in [5.74, 6) is 0.235. The number of carbonyl (C=O) groups is 1. The Morgan fingerprint density at radius 3 is 3.04 bits per heavy atom. The summed E-state index contributed by atoms with van der Waals surface area (Å²) < 4.78 is 21.0. The van der Waals surface area contributed by atoms with Crippen LogP contribution in [0.2, 0.25) is 0 Å². The molecule has 2 bridgehead atoms. The average molecular weight is 340 g/mol. The Morgan fingerprint density at radius 2 is 2.12 bits per heavy atom. The lowest BCUT2D eigenvalue weighted by molar-refractivity contribution is -0.120. The minimum atomic E-state index is -0.293. The lowest BCUT2D eigenvalue weighted by atomic mass is 10.1. The fourth-order valence-electron chi connectivity index (χ4n) is 2.95. The van der Waals surface area contributed by atoms with E-state index in [0.717, 1.165) is 16.8 Å². The van der Waals surface area contributed by atoms with Crippen LogP contribution in [0.5, 0.6) is 5.75 Å². The minimum Gasteiger partial charge on any atom is -0.491 e. The van der Waals surface area contributed by atoms with Gasteiger partial charge in [0.15, 0.2) is 5.65 Å². The molecule has 128 valence electrons. The van der Waals surface area contributed by atoms with Crippen LogP contribution in [0.15, 0.2) is 36.7 Å². The summed E-state index contributed by atoms with van der Waals surface area (Å²) in [6.45, 7) is 0.713. The number of aromatic nitrogens is 3. The SMILES string of the molecule is O=C1Cc2cnn3ccc(nc23)CCc2cc(F)ccc2OCCN1. The van der Waals surface area contributed by atoms with Crippen LogP contribution in [-0.4, -0.2) is 33.7 Å². The van der Waals surface area contributed by atoms with Crippen molar-refractivity contribution in [2.75, 3.05) is 13.2 Å². The molecule has 0 unspecified atom stereocenters. The zero-order chi connectivity index (χ0) is 17.2. The molecule has 0 aliphatic carbocycles. The van der Waals surface area contributed by atoms with Crippen molar-refractivity contribution in [2.24, 2.45) is 0 Å². The third kappa shape index (κ3) is 3.31. The lowest BCUT2D eigenvalue weighted by Gasteiger charge is -2.13. The Labute approximate surface area is 143 Å². The summed E-state index contributed by atoms with van der Waals surface area (Å²) in [5.41, 5.74) is 3.12. The monoisotopic (exact) mass is 340 g/mol. The number of ether oxygens (including phenoxy) is 1. The summed E-state index contributed by atoms with van der Waals surface area (Å²) in [7, 11) is 0. The van der Waals surface area contributed by atoms with Gasteiger partial charge < -0.3 is 10.1 Å². The normalized spacial score (nSPS) is 15.3. The van der Waals surface area contributed by atoms with E-state index in [0.29, 0.717) is 37.4 Å². The Hall–Kier alpha value is -2.96. The highest BCUT2D eigenvalue weighted by Gasteiger charge is 2.13. The maximum absolute atomic E-state index is 13.6. The number of benzene rings is 1. The van der Waals surface area contributed by atoms with Crippen molar-refractivity contribution in [2.45, 2.75) is 19.3 Å². The lowest BCUT2D eigenvalue weighted by Crippen LogP contribution is -2.29. The van der Waals surface area contributed by atoms with Gasteiger partial charge in [-0.2, -0.15) is 5.10 Å². The second-order valence-corrected chi connectivity index (χ2v) is 5.98. The van der Waals surface area contributed by atoms with Gasteiger partial charge in [-0.25, -0.2) is 13.9 Å². The molecule has 1 aliphatic heterocycles. The van der Waals surface area contributed by atoms with Gasteiger partial charge in [-0.3, -0.25) is 4.79 Å². The first-order chi connectivity index (χ1) is 12.2. The Balaban J connectivity index is 1.71. The van der Waals surface area contributed by atoms with E-state index < -0.39 is 0 Å². The van der Waals surface area contributed by atoms with Crippen LogP contribution in [0.4, 0.5) is 4.39 Å². The van der Waals surface area contributed by atoms with Crippen LogP contribution in [0.1, 0.15) is 16.8 Å². The molecular formula is C18H17FN4O2. The molecule has 0 atom stereocenters. The molecule has 0 radical (unpaired) electrons. The standard InChI is InChI=1S/C18H17FN4O2/c19-14-2-4-16-12(9-14)1-3-15-5-7-23-18(22-15)13(11-21-23)10-17(24)20-6-8-25-16/h2,4-5,7,9,11H,1,3,6,8,10H2,(H,20,24). The number of aryl methyl sites for hydroxylation is 2. The number of carbonyl (C=O) groups excluding carboxylic acids is 1. The Bertz CT molecular complexity index is 938. The molecule has 1 amide bonds. The van der Waals surface area contributed by atoms with Crippen molar-refractivity contribution in [1.82, 2.24) is 19.9 Å². The molecule has 0 fully saturated rings. The molecule has 1 N–H and O–H groups in total. The predicted molar refractivity (Wildman–Crippen MR) is 89.0 cm³/mol. The van der Waals surface area contributed by atoms with Gasteiger partial charge in [0.1, 0.15) is 18.2 Å². The van der Waals surface area contributed by atoms with Gasteiger partial charge in [0, 0.05) is 17.5 Å². The summed E-state index contributed by atoms with van der Waals surface area (Å²) in [6, 6.07) is 6.38. The number of hydrogen-bond donors (Lipinski definition) is 1. The Kier molecular flexibility index (Phi) is 4.05. The van der Waals surface area contributed by atoms with Crippen LogP contribution in [0.3, 0.4) is 0 Å². The van der Waals surface area contributed by atoms with Crippen molar-refractivity contribution in [3.05, 3.63) is 59.3 Å². The molecule has 6 nitrogen and oxygen atoms in total. The first kappa shape index (κ1) is 15.6. The summed E-state index contributed by atoms with van der Waals surface area (Å²) in [5, 5.41) is 7.05. The third-order valence-electron chi connectivity index (χ3n) is 4.21. The van der Waals surface area contributed by atoms with Crippen LogP contribution in [-0.2, 0) is 24.1 Å². The first-order valence-electron chi connectivity index (χ1n) is 8.19. The van der Waals surface area contributed by atoms with Gasteiger partial charge in [-0.15, -0.1) is 0 Å². The highest BCUT2D eigenvalue weighted by molar-refractivity contribution is 5.80. The summed E-state index contributed by atoms with van der Waals surface area (Å²) in [6.07, 6.45) is 4.98. The third-order valence-corrected chi connectivity index (χ3v) is 4.21. The fourth-order valence-corrected chi connectivity index (χ4v) is 2.95. The molecule has 25 heavy (non-hydrogen) atoms. The van der Waals surface area contributed by atoms with E-state index in [1.807, 2.05) is 12.3 Å². The maximum Gasteiger partial charge on any atom is 0.224 e. The smallest absolute Gasteiger partial charge is 0.224 e. The van der Waals surface area contributed by atoms with Crippen molar-refractivity contribution in [3.8, 4) is 5.75 Å². The number of nitrogens with one attached hydrogen (secondary N) is 1. The molecular weight excluding hydrogens is 323 g/mol. The van der Waals surface area contributed by atoms with Gasteiger partial charge in [-0.1, -0.05) is 0 Å². The average Bonchev–Trinajstić information content (AvgIpc) is 3.00. The van der Waals surface area contributed by atoms with E-state index in [4.69, 9.17) is 4.74 Å². The van der Waals surface area contributed by atoms with E-state index in [9.17, 15) is 9.18 Å². The zero-order valence-corrected chi connectivity index (χ0v) is 13.5. The van der Waals surface area contributed by atoms with Crippen LogP contribution in [0, 0.1) is 5.82 Å². The highest BCUT2D eigenvalue weighted by atomic mass is 19.1. The number of amides is 1. The second-order valence-electron chi connectivity index (χ2n) is 5.98. The molecule has 1 aliphatic rings. The second kappa shape index (κ2) is 6.51. The zero-order valence-electron chi connectivity index (χ0n) is 13.5. The molecule has 2 aromatic heterocycles. The maximum atomic E-state index is 13.6. The molecule has 3 heterocycles. The number of rotatable bonds is 0. The largest absolute Gasteiger partial charge is 0.491 e. The van der Waals surface area contributed by atoms with Crippen LogP contribution >= 0.6 is 0 Å². The van der Waals surface area contributed by atoms with Gasteiger partial charge >= 0.3 is 0 Å². The molecule has 0 saturated heterocycles. The molecule has 1 aromatic carbocycles. The van der Waals surface area contributed by atoms with Crippen molar-refractivity contribution in [3.63, 3.8) is 0 Å². The van der Waals surface area contributed by atoms with Gasteiger partial charge in [0.05, 0.1) is 19.2 Å². The topological polar surface area (TPSA) is 68.5 Å². The number of halogens is 1. The quantitative estimate of drug-likeness (QED) is 0.676. The van der Waals surface area contributed by atoms with E-state index in [-0.39, 0.29) is 18.1 Å². The van der Waals surface area contributed by atoms with Crippen molar-refractivity contribution >= 4 is 11.6 Å². The molecule has 4 rings (SSSR count). The van der Waals surface area contributed by atoms with E-state index >= 15 is 0 Å². The molecule has 3 aromatic rings. The highest BCUT2D eigenvalue weighted by Crippen LogP contribution is 2.22. The van der Waals surface area contributed by atoms with E-state index in [1.54, 1.807) is 16.8 Å². The summed E-state index contributed by atoms with van der Waals surface area (Å²) in [4.78, 5) is 16.7. The first-order valence-corrected chi connectivity index (χ1v) is 8.19. The van der Waals surface area contributed by atoms with Gasteiger partial charge in [0.25, 0.3) is 0 Å². The predicted octanol–water partition coefficient (Wildman–Crippen LogP) is 1.70. The Morgan fingerprint density at radius 1 is 1.20 bits per heavy atom. The fraction of sp³-hybridized carbons (Fsp3) is 0.278. The molecule has 7 heteroatoms.